The minimum Gasteiger partial charge on any atom is -0.507 e. The molecule has 4 heterocycles. The molecule has 3 aliphatic rings. The number of ether oxygens (including phenoxy) is 2. The van der Waals surface area contributed by atoms with Crippen molar-refractivity contribution >= 4 is 17.5 Å². The van der Waals surface area contributed by atoms with Gasteiger partial charge in [0.2, 0.25) is 5.88 Å². The van der Waals surface area contributed by atoms with Gasteiger partial charge in [-0.1, -0.05) is 12.1 Å². The average Bonchev–Trinajstić information content (AvgIpc) is 3.21. The number of phenolic OH excluding ortho intramolecular Hbond substituents is 1. The number of aromatic nitrogens is 1. The van der Waals surface area contributed by atoms with Crippen LogP contribution in [-0.2, 0) is 4.74 Å². The number of hydrogen-bond acceptors (Lipinski definition) is 10. The first kappa shape index (κ1) is 30.1. The summed E-state index contributed by atoms with van der Waals surface area (Å²) >= 11 is 0. The number of pyridine rings is 1. The van der Waals surface area contributed by atoms with Crippen LogP contribution in [0.5, 0.6) is 11.6 Å². The van der Waals surface area contributed by atoms with Crippen LogP contribution in [0.4, 0.5) is 14.9 Å². The van der Waals surface area contributed by atoms with Crippen LogP contribution in [-0.4, -0.2) is 82.1 Å². The molecule has 232 valence electrons. The lowest BCUT2D eigenvalue weighted by Crippen LogP contribution is -2.54. The molecule has 2 bridgehead atoms. The third-order valence-electron chi connectivity index (χ3n) is 8.05. The molecule has 2 aromatic rings. The fraction of sp³-hybridized carbons (Fsp3) is 0.484. The number of likely N-dealkylation sites (tertiary alicyclic amines) is 2. The summed E-state index contributed by atoms with van der Waals surface area (Å²) in [6.07, 6.45) is 3.10. The highest BCUT2D eigenvalue weighted by Gasteiger charge is 2.41. The number of carbonyl (C=O) groups is 1. The van der Waals surface area contributed by atoms with E-state index in [1.165, 1.54) is 4.90 Å². The molecule has 43 heavy (non-hydrogen) atoms. The van der Waals surface area contributed by atoms with Gasteiger partial charge in [-0.25, -0.2) is 14.2 Å². The van der Waals surface area contributed by atoms with E-state index in [4.69, 9.17) is 26.7 Å². The molecule has 1 aromatic heterocycles. The van der Waals surface area contributed by atoms with E-state index in [2.05, 4.69) is 14.8 Å². The number of alkyl halides is 1. The molecule has 3 aliphatic heterocycles. The van der Waals surface area contributed by atoms with E-state index in [9.17, 15) is 9.90 Å². The predicted molar refractivity (Wildman–Crippen MR) is 163 cm³/mol. The number of anilines is 1. The maximum absolute atomic E-state index is 15.1. The van der Waals surface area contributed by atoms with Crippen molar-refractivity contribution in [2.75, 3.05) is 31.1 Å². The monoisotopic (exact) mass is 595 g/mol. The maximum Gasteiger partial charge on any atom is 0.410 e. The van der Waals surface area contributed by atoms with Gasteiger partial charge in [0, 0.05) is 67.3 Å². The molecule has 4 unspecified atom stereocenters. The van der Waals surface area contributed by atoms with Crippen molar-refractivity contribution in [3.63, 3.8) is 0 Å². The van der Waals surface area contributed by atoms with Gasteiger partial charge in [-0.15, -0.1) is 0 Å². The van der Waals surface area contributed by atoms with E-state index in [1.807, 2.05) is 12.1 Å². The minimum atomic E-state index is -1.36. The van der Waals surface area contributed by atoms with Gasteiger partial charge in [-0.3, -0.25) is 0 Å². The average molecular weight is 596 g/mol. The van der Waals surface area contributed by atoms with Gasteiger partial charge in [-0.2, -0.15) is 0 Å². The van der Waals surface area contributed by atoms with Gasteiger partial charge < -0.3 is 46.5 Å². The number of aromatic hydroxyl groups is 1. The fourth-order valence-corrected chi connectivity index (χ4v) is 6.11. The number of nitrogens with two attached hydrogens (primary N) is 3. The van der Waals surface area contributed by atoms with Gasteiger partial charge in [0.05, 0.1) is 12.2 Å². The third kappa shape index (κ3) is 6.84. The summed E-state index contributed by atoms with van der Waals surface area (Å²) in [7, 11) is 0. The highest BCUT2D eigenvalue weighted by molar-refractivity contribution is 5.70. The SMILES string of the molecule is CC(C)(C)OC(=O)N1CCC(Oc2cc(N3C4CCC3CN(C(/C=C(\N)c3ccccc3O)=C(N)N)C4)ccn2)C(F)C1. The lowest BCUT2D eigenvalue weighted by atomic mass is 10.1. The first-order valence-corrected chi connectivity index (χ1v) is 14.7. The van der Waals surface area contributed by atoms with Crippen LogP contribution in [0, 0.1) is 0 Å². The number of piperazine rings is 1. The molecule has 7 N–H and O–H groups in total. The summed E-state index contributed by atoms with van der Waals surface area (Å²) < 4.78 is 26.5. The summed E-state index contributed by atoms with van der Waals surface area (Å²) in [6.45, 7) is 6.95. The predicted octanol–water partition coefficient (Wildman–Crippen LogP) is 3.25. The van der Waals surface area contributed by atoms with Crippen LogP contribution in [0.3, 0.4) is 0 Å². The Morgan fingerprint density at radius 2 is 1.74 bits per heavy atom. The number of carbonyl (C=O) groups excluding carboxylic acids is 1. The highest BCUT2D eigenvalue weighted by atomic mass is 19.1. The number of fused-ring (bicyclic) bond motifs is 2. The van der Waals surface area contributed by atoms with Gasteiger partial charge in [0.25, 0.3) is 0 Å². The van der Waals surface area contributed by atoms with E-state index < -0.39 is 24.0 Å². The van der Waals surface area contributed by atoms with Crippen molar-refractivity contribution < 1.29 is 23.8 Å². The second-order valence-corrected chi connectivity index (χ2v) is 12.4. The van der Waals surface area contributed by atoms with Crippen LogP contribution >= 0.6 is 0 Å². The topological polar surface area (TPSA) is 156 Å². The zero-order valence-corrected chi connectivity index (χ0v) is 24.9. The molecule has 5 rings (SSSR count). The Kier molecular flexibility index (Phi) is 8.48. The van der Waals surface area contributed by atoms with E-state index >= 15 is 4.39 Å². The lowest BCUT2D eigenvalue weighted by Gasteiger charge is -2.44. The first-order chi connectivity index (χ1) is 20.4. The number of halogens is 1. The van der Waals surface area contributed by atoms with Crippen molar-refractivity contribution in [1.82, 2.24) is 14.8 Å². The smallest absolute Gasteiger partial charge is 0.410 e. The number of benzene rings is 1. The Labute approximate surface area is 251 Å². The lowest BCUT2D eigenvalue weighted by molar-refractivity contribution is -0.0114. The zero-order valence-electron chi connectivity index (χ0n) is 24.9. The summed E-state index contributed by atoms with van der Waals surface area (Å²) in [6, 6.07) is 11.0. The van der Waals surface area contributed by atoms with E-state index in [1.54, 1.807) is 57.3 Å². The number of piperidine rings is 1. The van der Waals surface area contributed by atoms with Crippen molar-refractivity contribution in [2.45, 2.75) is 70.0 Å². The molecule has 4 atom stereocenters. The van der Waals surface area contributed by atoms with Gasteiger partial charge in [0.1, 0.15) is 23.3 Å². The van der Waals surface area contributed by atoms with Crippen molar-refractivity contribution in [3.8, 4) is 11.6 Å². The fourth-order valence-electron chi connectivity index (χ4n) is 6.11. The van der Waals surface area contributed by atoms with Crippen LogP contribution in [0.2, 0.25) is 0 Å². The Hall–Kier alpha value is -4.35. The summed E-state index contributed by atoms with van der Waals surface area (Å²) in [4.78, 5) is 22.6. The molecule has 12 heteroatoms. The number of hydrogen-bond donors (Lipinski definition) is 4. The second kappa shape index (κ2) is 12.1. The number of para-hydroxylation sites is 1. The highest BCUT2D eigenvalue weighted by Crippen LogP contribution is 2.38. The van der Waals surface area contributed by atoms with Crippen molar-refractivity contribution in [2.24, 2.45) is 17.2 Å². The molecule has 1 aromatic carbocycles. The Morgan fingerprint density at radius 1 is 1.05 bits per heavy atom. The largest absolute Gasteiger partial charge is 0.507 e. The second-order valence-electron chi connectivity index (χ2n) is 12.4. The zero-order chi connectivity index (χ0) is 30.9. The summed E-state index contributed by atoms with van der Waals surface area (Å²) in [5, 5.41) is 10.2. The van der Waals surface area contributed by atoms with Crippen LogP contribution in [0.25, 0.3) is 5.70 Å². The molecular weight excluding hydrogens is 553 g/mol. The minimum absolute atomic E-state index is 0.0828. The van der Waals surface area contributed by atoms with E-state index in [0.717, 1.165) is 18.5 Å². The Bertz CT molecular complexity index is 1380. The number of nitrogens with zero attached hydrogens (tertiary/aromatic N) is 4. The molecule has 0 aliphatic carbocycles. The van der Waals surface area contributed by atoms with Gasteiger partial charge in [0.15, 0.2) is 6.17 Å². The van der Waals surface area contributed by atoms with E-state index in [0.29, 0.717) is 48.9 Å². The number of allylic oxidation sites excluding steroid dienone is 1. The Morgan fingerprint density at radius 3 is 2.37 bits per heavy atom. The van der Waals surface area contributed by atoms with Crippen LogP contribution in [0.15, 0.2) is 60.2 Å². The number of amides is 1. The molecule has 0 spiro atoms. The van der Waals surface area contributed by atoms with E-state index in [-0.39, 0.29) is 30.2 Å². The first-order valence-electron chi connectivity index (χ1n) is 14.7. The van der Waals surface area contributed by atoms with Gasteiger partial charge >= 0.3 is 6.09 Å². The van der Waals surface area contributed by atoms with Crippen LogP contribution in [0.1, 0.15) is 45.6 Å². The van der Waals surface area contributed by atoms with Gasteiger partial charge in [-0.05, 0) is 57.9 Å². The molecule has 11 nitrogen and oxygen atoms in total. The Balaban J connectivity index is 1.25. The summed E-state index contributed by atoms with van der Waals surface area (Å²) in [5.41, 5.74) is 20.4. The molecule has 3 fully saturated rings. The third-order valence-corrected chi connectivity index (χ3v) is 8.05. The quantitative estimate of drug-likeness (QED) is 0.366. The molecule has 0 saturated carbocycles. The van der Waals surface area contributed by atoms with Crippen molar-refractivity contribution in [1.29, 1.82) is 0 Å². The maximum atomic E-state index is 15.1. The molecule has 3 saturated heterocycles. The molecule has 0 radical (unpaired) electrons. The van der Waals surface area contributed by atoms with Crippen LogP contribution < -0.4 is 26.8 Å². The number of phenols is 1. The summed E-state index contributed by atoms with van der Waals surface area (Å²) in [5.74, 6) is 0.589. The normalized spacial score (nSPS) is 24.1. The standard InChI is InChI=1S/C31H42FN7O4/c1-31(2,3)43-30(41)37-13-11-27(23(32)18-37)42-28-14-19(10-12-36-28)39-20-8-9-21(39)17-38(16-20)25(29(34)35)15-24(33)22-6-4-5-7-26(22)40/h4-7,10,12,14-15,20-21,23,27,40H,8-9,11,13,16-18,33-35H2,1-3H3/b24-15-. The molecular formula is C31H42FN7O4. The number of rotatable bonds is 6. The van der Waals surface area contributed by atoms with Crippen molar-refractivity contribution in [3.05, 3.63) is 65.8 Å². The molecule has 1 amide bonds.